The van der Waals surface area contributed by atoms with E-state index in [-0.39, 0.29) is 13.2 Å². The molecule has 19 heavy (non-hydrogen) atoms. The van der Waals surface area contributed by atoms with Gasteiger partial charge in [-0.1, -0.05) is 30.3 Å². The Labute approximate surface area is 110 Å². The maximum Gasteiger partial charge on any atom is 0.435 e. The lowest BCUT2D eigenvalue weighted by Gasteiger charge is -2.27. The first-order valence-corrected chi connectivity index (χ1v) is 5.80. The number of carbonyl (C=O) groups is 2. The smallest absolute Gasteiger partial charge is 0.435 e. The van der Waals surface area contributed by atoms with Gasteiger partial charge in [-0.15, -0.1) is 0 Å². The van der Waals surface area contributed by atoms with E-state index >= 15 is 0 Å². The van der Waals surface area contributed by atoms with Crippen molar-refractivity contribution in [1.82, 2.24) is 5.06 Å². The van der Waals surface area contributed by atoms with E-state index in [9.17, 15) is 9.59 Å². The van der Waals surface area contributed by atoms with Gasteiger partial charge in [-0.2, -0.15) is 5.06 Å². The number of hydrogen-bond donors (Lipinski definition) is 0. The Bertz CT molecular complexity index is 475. The largest absolute Gasteiger partial charge is 0.467 e. The Kier molecular flexibility index (Phi) is 3.71. The fraction of sp³-hybridized carbons (Fsp3) is 0.385. The molecule has 1 fully saturated rings. The second-order valence-corrected chi connectivity index (χ2v) is 4.37. The lowest BCUT2D eigenvalue weighted by Crippen LogP contribution is -2.51. The molecule has 0 unspecified atom stereocenters. The van der Waals surface area contributed by atoms with Gasteiger partial charge in [0, 0.05) is 0 Å². The molecule has 1 saturated heterocycles. The molecular formula is C13H15NO5. The number of esters is 1. The second-order valence-electron chi connectivity index (χ2n) is 4.37. The predicted octanol–water partition coefficient (Wildman–Crippen LogP) is 1.50. The van der Waals surface area contributed by atoms with Crippen LogP contribution in [-0.4, -0.2) is 36.4 Å². The molecule has 0 aromatic heterocycles. The van der Waals surface area contributed by atoms with Crippen LogP contribution in [0.5, 0.6) is 0 Å². The van der Waals surface area contributed by atoms with E-state index in [0.717, 1.165) is 10.6 Å². The molecule has 0 spiro atoms. The highest BCUT2D eigenvalue weighted by molar-refractivity contribution is 5.87. The summed E-state index contributed by atoms with van der Waals surface area (Å²) in [6.45, 7) is 1.62. The summed E-state index contributed by atoms with van der Waals surface area (Å²) in [5, 5.41) is 0.936. The molecular weight excluding hydrogens is 250 g/mol. The molecule has 1 aliphatic rings. The molecule has 0 saturated carbocycles. The molecule has 6 nitrogen and oxygen atoms in total. The van der Waals surface area contributed by atoms with E-state index in [1.165, 1.54) is 14.0 Å². The van der Waals surface area contributed by atoms with E-state index in [2.05, 4.69) is 4.74 Å². The second kappa shape index (κ2) is 5.27. The molecule has 0 radical (unpaired) electrons. The Hall–Kier alpha value is -2.08. The minimum Gasteiger partial charge on any atom is -0.467 e. The first-order chi connectivity index (χ1) is 9.08. The number of hydrogen-bond acceptors (Lipinski definition) is 5. The summed E-state index contributed by atoms with van der Waals surface area (Å²) in [5.41, 5.74) is -0.366. The average Bonchev–Trinajstić information content (AvgIpc) is 2.73. The third-order valence-electron chi connectivity index (χ3n) is 2.92. The van der Waals surface area contributed by atoms with Crippen LogP contribution >= 0.6 is 0 Å². The fourth-order valence-electron chi connectivity index (χ4n) is 1.79. The molecule has 2 rings (SSSR count). The molecule has 6 heteroatoms. The van der Waals surface area contributed by atoms with Crippen LogP contribution in [0.2, 0.25) is 0 Å². The maximum absolute atomic E-state index is 11.7. The van der Waals surface area contributed by atoms with Crippen LogP contribution in [-0.2, 0) is 25.7 Å². The van der Waals surface area contributed by atoms with Gasteiger partial charge in [-0.25, -0.2) is 9.59 Å². The summed E-state index contributed by atoms with van der Waals surface area (Å²) in [7, 11) is 1.26. The van der Waals surface area contributed by atoms with Crippen molar-refractivity contribution in [1.29, 1.82) is 0 Å². The van der Waals surface area contributed by atoms with Crippen LogP contribution in [0.25, 0.3) is 0 Å². The topological polar surface area (TPSA) is 65.1 Å². The Balaban J connectivity index is 2.08. The summed E-state index contributed by atoms with van der Waals surface area (Å²) < 4.78 is 9.53. The van der Waals surface area contributed by atoms with Gasteiger partial charge in [0.2, 0.25) is 5.54 Å². The molecule has 102 valence electrons. The number of cyclic esters (lactones) is 1. The molecule has 0 aliphatic carbocycles. The van der Waals surface area contributed by atoms with E-state index in [4.69, 9.17) is 9.57 Å². The van der Waals surface area contributed by atoms with Gasteiger partial charge in [-0.05, 0) is 12.5 Å². The van der Waals surface area contributed by atoms with Crippen molar-refractivity contribution in [2.75, 3.05) is 13.7 Å². The highest BCUT2D eigenvalue weighted by Gasteiger charge is 2.52. The van der Waals surface area contributed by atoms with Crippen molar-refractivity contribution >= 4 is 12.1 Å². The summed E-state index contributed by atoms with van der Waals surface area (Å²) in [6, 6.07) is 9.32. The Morgan fingerprint density at radius 3 is 2.74 bits per heavy atom. The van der Waals surface area contributed by atoms with Gasteiger partial charge in [-0.3, -0.25) is 4.84 Å². The minimum atomic E-state index is -1.25. The van der Waals surface area contributed by atoms with Gasteiger partial charge < -0.3 is 9.47 Å². The lowest BCUT2D eigenvalue weighted by molar-refractivity contribution is -0.193. The zero-order valence-corrected chi connectivity index (χ0v) is 10.8. The number of hydroxylamine groups is 2. The van der Waals surface area contributed by atoms with E-state index in [1.54, 1.807) is 0 Å². The number of carbonyl (C=O) groups excluding carboxylic acids is 2. The number of ether oxygens (including phenoxy) is 2. The lowest BCUT2D eigenvalue weighted by atomic mass is 10.1. The molecule has 0 N–H and O–H groups in total. The number of nitrogens with zero attached hydrogens (tertiary/aromatic N) is 1. The first-order valence-electron chi connectivity index (χ1n) is 5.80. The molecule has 0 bridgehead atoms. The molecule has 1 amide bonds. The van der Waals surface area contributed by atoms with Crippen molar-refractivity contribution in [3.63, 3.8) is 0 Å². The fourth-order valence-corrected chi connectivity index (χ4v) is 1.79. The quantitative estimate of drug-likeness (QED) is 0.772. The van der Waals surface area contributed by atoms with Crippen LogP contribution in [0.4, 0.5) is 4.79 Å². The number of methoxy groups -OCH3 is 1. The highest BCUT2D eigenvalue weighted by atomic mass is 16.7. The van der Waals surface area contributed by atoms with Gasteiger partial charge in [0.15, 0.2) is 0 Å². The zero-order valence-electron chi connectivity index (χ0n) is 10.8. The van der Waals surface area contributed by atoms with Crippen molar-refractivity contribution in [3.05, 3.63) is 35.9 Å². The van der Waals surface area contributed by atoms with Crippen LogP contribution in [0.1, 0.15) is 12.5 Å². The SMILES string of the molecule is COC(=O)[C@@]1(C)COC(=O)N1OCc1ccccc1. The number of benzene rings is 1. The summed E-state index contributed by atoms with van der Waals surface area (Å²) in [4.78, 5) is 28.7. The van der Waals surface area contributed by atoms with E-state index in [0.29, 0.717) is 0 Å². The van der Waals surface area contributed by atoms with Gasteiger partial charge in [0.25, 0.3) is 0 Å². The maximum atomic E-state index is 11.7. The third kappa shape index (κ3) is 2.53. The van der Waals surface area contributed by atoms with Crippen molar-refractivity contribution in [2.24, 2.45) is 0 Å². The van der Waals surface area contributed by atoms with Crippen LogP contribution in [0.15, 0.2) is 30.3 Å². The predicted molar refractivity (Wildman–Crippen MR) is 64.8 cm³/mol. The van der Waals surface area contributed by atoms with Crippen LogP contribution < -0.4 is 0 Å². The zero-order chi connectivity index (χ0) is 13.9. The normalized spacial score (nSPS) is 22.2. The summed E-state index contributed by atoms with van der Waals surface area (Å²) >= 11 is 0. The van der Waals surface area contributed by atoms with Crippen molar-refractivity contribution < 1.29 is 23.9 Å². The van der Waals surface area contributed by atoms with Crippen molar-refractivity contribution in [3.8, 4) is 0 Å². The first kappa shape index (κ1) is 13.4. The summed E-state index contributed by atoms with van der Waals surface area (Å²) in [5.74, 6) is -0.577. The van der Waals surface area contributed by atoms with Crippen molar-refractivity contribution in [2.45, 2.75) is 19.1 Å². The number of amides is 1. The van der Waals surface area contributed by atoms with Gasteiger partial charge in [0.1, 0.15) is 13.2 Å². The van der Waals surface area contributed by atoms with Gasteiger partial charge in [0.05, 0.1) is 7.11 Å². The average molecular weight is 265 g/mol. The Morgan fingerprint density at radius 1 is 1.42 bits per heavy atom. The van der Waals surface area contributed by atoms with E-state index in [1.807, 2.05) is 30.3 Å². The standard InChI is InChI=1S/C13H15NO5/c1-13(11(15)17-2)9-18-12(16)14(13)19-8-10-6-4-3-5-7-10/h3-7H,8-9H2,1-2H3/t13-/m1/s1. The van der Waals surface area contributed by atoms with E-state index < -0.39 is 17.6 Å². The highest BCUT2D eigenvalue weighted by Crippen LogP contribution is 2.26. The third-order valence-corrected chi connectivity index (χ3v) is 2.92. The molecule has 1 heterocycles. The number of rotatable bonds is 4. The van der Waals surface area contributed by atoms with Gasteiger partial charge >= 0.3 is 12.1 Å². The molecule has 1 aromatic carbocycles. The molecule has 1 atom stereocenters. The Morgan fingerprint density at radius 2 is 2.11 bits per heavy atom. The molecule has 1 aromatic rings. The van der Waals surface area contributed by atoms with Crippen LogP contribution in [0.3, 0.4) is 0 Å². The monoisotopic (exact) mass is 265 g/mol. The minimum absolute atomic E-state index is 0.0900. The molecule has 1 aliphatic heterocycles. The summed E-state index contributed by atoms with van der Waals surface area (Å²) in [6.07, 6.45) is -0.691. The van der Waals surface area contributed by atoms with Crippen LogP contribution in [0, 0.1) is 0 Å².